The lowest BCUT2D eigenvalue weighted by Crippen LogP contribution is -2.58. The molecule has 0 aliphatic carbocycles. The summed E-state index contributed by atoms with van der Waals surface area (Å²) in [5, 5.41) is 9.89. The number of nitrogens with one attached hydrogen (secondary N) is 2. The molecular formula is C34H34N4O7. The first-order valence-corrected chi connectivity index (χ1v) is 14.8. The molecule has 2 atom stereocenters. The Hall–Kier alpha value is -5.32. The largest absolute Gasteiger partial charge is 0.496 e. The Bertz CT molecular complexity index is 1700. The van der Waals surface area contributed by atoms with Crippen molar-refractivity contribution >= 4 is 17.7 Å². The van der Waals surface area contributed by atoms with Crippen LogP contribution in [0.3, 0.4) is 0 Å². The number of piperidine rings is 1. The molecule has 3 amide bonds. The lowest BCUT2D eigenvalue weighted by atomic mass is 9.99. The monoisotopic (exact) mass is 610 g/mol. The summed E-state index contributed by atoms with van der Waals surface area (Å²) in [6.45, 7) is 2.70. The Morgan fingerprint density at radius 1 is 1.02 bits per heavy atom. The van der Waals surface area contributed by atoms with Gasteiger partial charge in [0.1, 0.15) is 29.1 Å². The topological polar surface area (TPSA) is 132 Å². The van der Waals surface area contributed by atoms with Crippen molar-refractivity contribution in [1.29, 1.82) is 0 Å². The lowest BCUT2D eigenvalue weighted by molar-refractivity contribution is -0.133. The van der Waals surface area contributed by atoms with Crippen LogP contribution in [0.4, 0.5) is 0 Å². The predicted molar refractivity (Wildman–Crippen MR) is 164 cm³/mol. The summed E-state index contributed by atoms with van der Waals surface area (Å²) in [6, 6.07) is 21.1. The molecule has 0 saturated carbocycles. The number of likely N-dealkylation sites (tertiary alicyclic amines) is 1. The van der Waals surface area contributed by atoms with E-state index in [1.165, 1.54) is 0 Å². The maximum absolute atomic E-state index is 13.8. The van der Waals surface area contributed by atoms with E-state index < -0.39 is 12.1 Å². The number of aryl methyl sites for hydroxylation is 1. The molecule has 45 heavy (non-hydrogen) atoms. The van der Waals surface area contributed by atoms with Crippen molar-refractivity contribution in [1.82, 2.24) is 20.7 Å². The number of methoxy groups -OCH3 is 1. The van der Waals surface area contributed by atoms with Gasteiger partial charge in [-0.3, -0.25) is 14.4 Å². The minimum atomic E-state index is -0.501. The van der Waals surface area contributed by atoms with E-state index in [2.05, 4.69) is 15.8 Å². The van der Waals surface area contributed by atoms with Crippen LogP contribution in [0.5, 0.6) is 17.2 Å². The fourth-order valence-electron chi connectivity index (χ4n) is 5.54. The number of aromatic nitrogens is 1. The number of hydrogen-bond acceptors (Lipinski definition) is 8. The Labute approximate surface area is 260 Å². The smallest absolute Gasteiger partial charge is 0.258 e. The van der Waals surface area contributed by atoms with Gasteiger partial charge in [-0.2, -0.15) is 0 Å². The number of nitrogens with zero attached hydrogens (tertiary/aromatic N) is 2. The zero-order valence-electron chi connectivity index (χ0n) is 25.1. The molecule has 1 fully saturated rings. The molecule has 3 aliphatic heterocycles. The zero-order chi connectivity index (χ0) is 31.3. The quantitative estimate of drug-likeness (QED) is 0.359. The molecule has 4 heterocycles. The van der Waals surface area contributed by atoms with Gasteiger partial charge < -0.3 is 34.3 Å². The molecule has 6 bridgehead atoms. The van der Waals surface area contributed by atoms with Gasteiger partial charge in [0.15, 0.2) is 6.61 Å². The Morgan fingerprint density at radius 3 is 2.64 bits per heavy atom. The lowest BCUT2D eigenvalue weighted by Gasteiger charge is -2.39. The highest BCUT2D eigenvalue weighted by Gasteiger charge is 2.35. The van der Waals surface area contributed by atoms with Crippen LogP contribution in [0, 0.1) is 6.92 Å². The molecule has 0 spiro atoms. The standard InChI is InChI=1S/C34H34N4O7/c1-21-14-27(45-37-21)17-33(40)38-13-12-31-29(19-38)36-34(41)24-8-11-30(42-2)28(16-24)23-4-3-5-26(15-23)43-20-32(39)35-18-22-6-9-25(44-31)10-7-22/h3-11,14-16,29,31H,12-13,17-20H2,1-2H3,(H,35,39)(H,36,41)/t29-,31-/m1/s1. The molecule has 3 aliphatic rings. The van der Waals surface area contributed by atoms with Gasteiger partial charge in [0, 0.05) is 43.2 Å². The second-order valence-corrected chi connectivity index (χ2v) is 11.1. The highest BCUT2D eigenvalue weighted by molar-refractivity contribution is 5.96. The summed E-state index contributed by atoms with van der Waals surface area (Å²) in [5.41, 5.74) is 3.45. The minimum Gasteiger partial charge on any atom is -0.496 e. The maximum atomic E-state index is 13.8. The van der Waals surface area contributed by atoms with E-state index in [4.69, 9.17) is 18.7 Å². The zero-order valence-corrected chi connectivity index (χ0v) is 25.1. The molecule has 3 aromatic carbocycles. The summed E-state index contributed by atoms with van der Waals surface area (Å²) >= 11 is 0. The van der Waals surface area contributed by atoms with E-state index in [1.807, 2.05) is 36.4 Å². The maximum Gasteiger partial charge on any atom is 0.258 e. The van der Waals surface area contributed by atoms with Crippen LogP contribution in [0.1, 0.15) is 33.8 Å². The van der Waals surface area contributed by atoms with Crippen LogP contribution in [-0.4, -0.2) is 66.7 Å². The van der Waals surface area contributed by atoms with Gasteiger partial charge in [-0.1, -0.05) is 29.4 Å². The molecule has 0 radical (unpaired) electrons. The van der Waals surface area contributed by atoms with Crippen molar-refractivity contribution in [3.63, 3.8) is 0 Å². The van der Waals surface area contributed by atoms with Crippen molar-refractivity contribution < 1.29 is 33.1 Å². The first-order chi connectivity index (χ1) is 21.8. The normalized spacial score (nSPS) is 18.5. The van der Waals surface area contributed by atoms with Crippen molar-refractivity contribution in [2.45, 2.75) is 38.5 Å². The Morgan fingerprint density at radius 2 is 1.87 bits per heavy atom. The summed E-state index contributed by atoms with van der Waals surface area (Å²) in [7, 11) is 1.56. The number of rotatable bonds is 3. The van der Waals surface area contributed by atoms with E-state index in [-0.39, 0.29) is 37.3 Å². The van der Waals surface area contributed by atoms with Crippen molar-refractivity contribution in [3.8, 4) is 28.4 Å². The second kappa shape index (κ2) is 13.1. The number of carbonyl (C=O) groups is 3. The third-order valence-electron chi connectivity index (χ3n) is 7.90. The molecule has 11 nitrogen and oxygen atoms in total. The van der Waals surface area contributed by atoms with Gasteiger partial charge in [-0.25, -0.2) is 0 Å². The van der Waals surface area contributed by atoms with E-state index in [0.717, 1.165) is 11.1 Å². The number of ether oxygens (including phenoxy) is 3. The number of carbonyl (C=O) groups excluding carboxylic acids is 3. The van der Waals surface area contributed by atoms with Crippen molar-refractivity contribution in [2.24, 2.45) is 0 Å². The predicted octanol–water partition coefficient (Wildman–Crippen LogP) is 3.69. The number of fused-ring (bicyclic) bond motifs is 7. The van der Waals surface area contributed by atoms with E-state index in [0.29, 0.717) is 59.3 Å². The fraction of sp³-hybridized carbons (Fsp3) is 0.294. The van der Waals surface area contributed by atoms with Crippen LogP contribution in [0.2, 0.25) is 0 Å². The van der Waals surface area contributed by atoms with Gasteiger partial charge in [-0.15, -0.1) is 0 Å². The molecule has 232 valence electrons. The molecule has 7 rings (SSSR count). The second-order valence-electron chi connectivity index (χ2n) is 11.1. The van der Waals surface area contributed by atoms with Crippen molar-refractivity contribution in [2.75, 3.05) is 26.8 Å². The summed E-state index contributed by atoms with van der Waals surface area (Å²) in [4.78, 5) is 41.2. The van der Waals surface area contributed by atoms with Gasteiger partial charge in [-0.05, 0) is 60.5 Å². The first kappa shape index (κ1) is 29.7. The van der Waals surface area contributed by atoms with Gasteiger partial charge in [0.05, 0.1) is 25.3 Å². The number of hydrogen-bond donors (Lipinski definition) is 2. The Balaban J connectivity index is 1.31. The molecule has 4 aromatic rings. The van der Waals surface area contributed by atoms with Crippen LogP contribution in [-0.2, 0) is 22.6 Å². The number of benzene rings is 3. The molecule has 1 saturated heterocycles. The molecule has 1 aromatic heterocycles. The first-order valence-electron chi connectivity index (χ1n) is 14.8. The number of amides is 3. The van der Waals surface area contributed by atoms with Crippen LogP contribution in [0.15, 0.2) is 77.3 Å². The average molecular weight is 611 g/mol. The minimum absolute atomic E-state index is 0.0790. The van der Waals surface area contributed by atoms with E-state index in [9.17, 15) is 14.4 Å². The third-order valence-corrected chi connectivity index (χ3v) is 7.90. The van der Waals surface area contributed by atoms with E-state index in [1.54, 1.807) is 55.3 Å². The summed E-state index contributed by atoms with van der Waals surface area (Å²) in [5.74, 6) is 1.50. The SMILES string of the molecule is COc1ccc2cc1-c1cccc(c1)OCC(=O)NCc1ccc(cc1)O[C@@H]1CCN(C(=O)Cc3cc(C)no3)C[C@H]1NC2=O. The fourth-order valence-corrected chi connectivity index (χ4v) is 5.54. The average Bonchev–Trinajstić information content (AvgIpc) is 3.47. The van der Waals surface area contributed by atoms with Gasteiger partial charge in [0.2, 0.25) is 5.91 Å². The van der Waals surface area contributed by atoms with Crippen LogP contribution < -0.4 is 24.8 Å². The van der Waals surface area contributed by atoms with Gasteiger partial charge >= 0.3 is 0 Å². The highest BCUT2D eigenvalue weighted by atomic mass is 16.5. The highest BCUT2D eigenvalue weighted by Crippen LogP contribution is 2.33. The molecule has 0 unspecified atom stereocenters. The van der Waals surface area contributed by atoms with Crippen LogP contribution >= 0.6 is 0 Å². The molecule has 2 N–H and O–H groups in total. The summed E-state index contributed by atoms with van der Waals surface area (Å²) in [6.07, 6.45) is 0.188. The van der Waals surface area contributed by atoms with Crippen LogP contribution in [0.25, 0.3) is 11.1 Å². The third kappa shape index (κ3) is 7.09. The molecular weight excluding hydrogens is 576 g/mol. The van der Waals surface area contributed by atoms with E-state index >= 15 is 0 Å². The molecule has 11 heteroatoms. The van der Waals surface area contributed by atoms with Crippen molar-refractivity contribution in [3.05, 3.63) is 95.4 Å². The summed E-state index contributed by atoms with van der Waals surface area (Å²) < 4.78 is 23.0. The Kier molecular flexibility index (Phi) is 8.68. The van der Waals surface area contributed by atoms with Gasteiger partial charge in [0.25, 0.3) is 11.8 Å².